The molecule has 0 heterocycles. The zero-order valence-corrected chi connectivity index (χ0v) is 33.7. The van der Waals surface area contributed by atoms with E-state index in [-0.39, 0.29) is 11.8 Å². The van der Waals surface area contributed by atoms with Gasteiger partial charge in [0.25, 0.3) is 0 Å². The Morgan fingerprint density at radius 3 is 1.20 bits per heavy atom. The second kappa shape index (κ2) is 30.6. The minimum atomic E-state index is -1.01. The molecule has 0 aromatic heterocycles. The van der Waals surface area contributed by atoms with Crippen molar-refractivity contribution in [1.82, 2.24) is 0 Å². The van der Waals surface area contributed by atoms with E-state index in [1.165, 1.54) is 141 Å². The number of ketones is 2. The van der Waals surface area contributed by atoms with Gasteiger partial charge in [0.2, 0.25) is 5.78 Å². The monoisotopic (exact) mass is 697 g/mol. The second-order valence-electron chi connectivity index (χ2n) is 16.3. The minimum absolute atomic E-state index is 0.00537. The minimum Gasteiger partial charge on any atom is -0.426 e. The van der Waals surface area contributed by atoms with Gasteiger partial charge in [-0.3, -0.25) is 14.4 Å². The third-order valence-corrected chi connectivity index (χ3v) is 10.4. The summed E-state index contributed by atoms with van der Waals surface area (Å²) >= 11 is 0. The lowest BCUT2D eigenvalue weighted by Crippen LogP contribution is -2.33. The van der Waals surface area contributed by atoms with Crippen molar-refractivity contribution >= 4 is 17.5 Å². The SMILES string of the molecule is CCCCCCCCCCCCCCCCC(=O)C(=O)C(CCCCCCCCCCCCCCCC)C(=O)Oc1ccc(C(C)(C)C)cc1. The topological polar surface area (TPSA) is 60.4 Å². The summed E-state index contributed by atoms with van der Waals surface area (Å²) in [7, 11) is 0. The fraction of sp³-hybridized carbons (Fsp3) is 0.804. The summed E-state index contributed by atoms with van der Waals surface area (Å²) in [6.07, 6.45) is 35.5. The molecule has 0 N–H and O–H groups in total. The van der Waals surface area contributed by atoms with E-state index in [0.29, 0.717) is 12.2 Å². The summed E-state index contributed by atoms with van der Waals surface area (Å²) in [6, 6.07) is 7.52. The van der Waals surface area contributed by atoms with Gasteiger partial charge in [-0.05, 0) is 36.0 Å². The molecular weight excluding hydrogens is 617 g/mol. The maximum Gasteiger partial charge on any atom is 0.322 e. The van der Waals surface area contributed by atoms with Crippen LogP contribution in [0.25, 0.3) is 0 Å². The molecule has 0 aliphatic rings. The highest BCUT2D eigenvalue weighted by atomic mass is 16.5. The molecule has 0 aliphatic carbocycles. The average Bonchev–Trinajstić information content (AvgIpc) is 3.09. The van der Waals surface area contributed by atoms with E-state index in [9.17, 15) is 14.4 Å². The van der Waals surface area contributed by atoms with E-state index in [2.05, 4.69) is 34.6 Å². The molecule has 0 bridgehead atoms. The molecule has 0 spiro atoms. The maximum absolute atomic E-state index is 13.3. The molecule has 1 unspecified atom stereocenters. The fourth-order valence-electron chi connectivity index (χ4n) is 6.91. The molecule has 1 aromatic carbocycles. The molecule has 0 fully saturated rings. The molecule has 4 nitrogen and oxygen atoms in total. The highest BCUT2D eigenvalue weighted by Gasteiger charge is 2.32. The Labute approximate surface area is 310 Å². The number of ether oxygens (including phenoxy) is 1. The number of unbranched alkanes of at least 4 members (excludes halogenated alkanes) is 26. The molecule has 0 saturated carbocycles. The van der Waals surface area contributed by atoms with Crippen LogP contribution in [0.15, 0.2) is 24.3 Å². The Hall–Kier alpha value is -1.97. The van der Waals surface area contributed by atoms with Gasteiger partial charge in [-0.2, -0.15) is 0 Å². The number of benzene rings is 1. The van der Waals surface area contributed by atoms with Crippen LogP contribution in [0, 0.1) is 5.92 Å². The van der Waals surface area contributed by atoms with Crippen LogP contribution in [0.5, 0.6) is 5.75 Å². The summed E-state index contributed by atoms with van der Waals surface area (Å²) in [5.41, 5.74) is 1.14. The van der Waals surface area contributed by atoms with Gasteiger partial charge in [-0.1, -0.05) is 220 Å². The molecule has 4 heteroatoms. The first kappa shape index (κ1) is 46.1. The summed E-state index contributed by atoms with van der Waals surface area (Å²) in [4.78, 5) is 39.7. The van der Waals surface area contributed by atoms with E-state index < -0.39 is 23.5 Å². The Kier molecular flexibility index (Phi) is 28.2. The van der Waals surface area contributed by atoms with Crippen molar-refractivity contribution in [3.63, 3.8) is 0 Å². The van der Waals surface area contributed by atoms with Gasteiger partial charge in [0.1, 0.15) is 11.7 Å². The zero-order chi connectivity index (χ0) is 36.7. The number of hydrogen-bond acceptors (Lipinski definition) is 4. The van der Waals surface area contributed by atoms with Crippen molar-refractivity contribution in [1.29, 1.82) is 0 Å². The fourth-order valence-corrected chi connectivity index (χ4v) is 6.91. The number of Topliss-reactive ketones (excluding diaryl/α,β-unsaturated/α-hetero) is 2. The molecule has 0 aliphatic heterocycles. The van der Waals surface area contributed by atoms with E-state index in [1.54, 1.807) is 12.1 Å². The second-order valence-corrected chi connectivity index (χ2v) is 16.3. The van der Waals surface area contributed by atoms with Crippen LogP contribution in [0.4, 0.5) is 0 Å². The third kappa shape index (κ3) is 24.3. The largest absolute Gasteiger partial charge is 0.426 e. The number of esters is 1. The first-order valence-electron chi connectivity index (χ1n) is 21.6. The van der Waals surface area contributed by atoms with E-state index in [1.807, 2.05) is 12.1 Å². The van der Waals surface area contributed by atoms with Gasteiger partial charge in [-0.25, -0.2) is 0 Å². The normalized spacial score (nSPS) is 12.3. The first-order valence-corrected chi connectivity index (χ1v) is 21.6. The van der Waals surface area contributed by atoms with Gasteiger partial charge in [-0.15, -0.1) is 0 Å². The van der Waals surface area contributed by atoms with E-state index >= 15 is 0 Å². The van der Waals surface area contributed by atoms with Crippen LogP contribution in [-0.2, 0) is 19.8 Å². The number of rotatable bonds is 34. The lowest BCUT2D eigenvalue weighted by Gasteiger charge is -2.19. The van der Waals surface area contributed by atoms with Crippen molar-refractivity contribution in [2.75, 3.05) is 0 Å². The lowest BCUT2D eigenvalue weighted by atomic mass is 9.87. The summed E-state index contributed by atoms with van der Waals surface area (Å²) in [5, 5.41) is 0. The number of carbonyl (C=O) groups excluding carboxylic acids is 3. The van der Waals surface area contributed by atoms with Crippen molar-refractivity contribution in [3.05, 3.63) is 29.8 Å². The van der Waals surface area contributed by atoms with Gasteiger partial charge >= 0.3 is 5.97 Å². The summed E-state index contributed by atoms with van der Waals surface area (Å²) < 4.78 is 5.70. The molecule has 0 saturated heterocycles. The number of hydrogen-bond donors (Lipinski definition) is 0. The van der Waals surface area contributed by atoms with Crippen LogP contribution in [0.2, 0.25) is 0 Å². The number of carbonyl (C=O) groups is 3. The van der Waals surface area contributed by atoms with Crippen molar-refractivity contribution < 1.29 is 19.1 Å². The predicted octanol–water partition coefficient (Wildman–Crippen LogP) is 14.4. The van der Waals surface area contributed by atoms with Gasteiger partial charge in [0.05, 0.1) is 0 Å². The van der Waals surface area contributed by atoms with Gasteiger partial charge < -0.3 is 4.74 Å². The quantitative estimate of drug-likeness (QED) is 0.0237. The summed E-state index contributed by atoms with van der Waals surface area (Å²) in [6.45, 7) is 11.0. The van der Waals surface area contributed by atoms with E-state index in [4.69, 9.17) is 4.74 Å². The Morgan fingerprint density at radius 1 is 0.500 bits per heavy atom. The summed E-state index contributed by atoms with van der Waals surface area (Å²) in [5.74, 6) is -2.11. The van der Waals surface area contributed by atoms with Crippen molar-refractivity contribution in [2.24, 2.45) is 5.92 Å². The van der Waals surface area contributed by atoms with Crippen LogP contribution in [-0.4, -0.2) is 17.5 Å². The Bertz CT molecular complexity index is 973. The molecule has 1 aromatic rings. The average molecular weight is 697 g/mol. The van der Waals surface area contributed by atoms with Crippen LogP contribution < -0.4 is 4.74 Å². The highest BCUT2D eigenvalue weighted by molar-refractivity contribution is 6.41. The van der Waals surface area contributed by atoms with Crippen LogP contribution >= 0.6 is 0 Å². The Morgan fingerprint density at radius 2 is 0.840 bits per heavy atom. The van der Waals surface area contributed by atoms with Gasteiger partial charge in [0.15, 0.2) is 5.78 Å². The first-order chi connectivity index (χ1) is 24.2. The Balaban J connectivity index is 2.42. The molecule has 1 rings (SSSR count). The molecule has 1 atom stereocenters. The highest BCUT2D eigenvalue weighted by Crippen LogP contribution is 2.26. The molecule has 0 radical (unpaired) electrons. The third-order valence-electron chi connectivity index (χ3n) is 10.4. The standard InChI is InChI=1S/C46H80O4/c1-6-8-10-12-14-16-18-20-22-24-26-28-30-32-34-42(45(49)50-41-38-36-40(37-39-41)46(3,4)5)44(48)43(47)35-33-31-29-27-25-23-21-19-17-15-13-11-9-7-2/h36-39,42H,6-35H2,1-5H3. The molecular formula is C46H80O4. The maximum atomic E-state index is 13.3. The van der Waals surface area contributed by atoms with Crippen LogP contribution in [0.3, 0.4) is 0 Å². The van der Waals surface area contributed by atoms with E-state index in [0.717, 1.165) is 44.1 Å². The van der Waals surface area contributed by atoms with Crippen LogP contribution in [0.1, 0.15) is 233 Å². The molecule has 0 amide bonds. The molecule has 288 valence electrons. The van der Waals surface area contributed by atoms with Gasteiger partial charge in [0, 0.05) is 6.42 Å². The smallest absolute Gasteiger partial charge is 0.322 e. The zero-order valence-electron chi connectivity index (χ0n) is 33.7. The lowest BCUT2D eigenvalue weighted by molar-refractivity contribution is -0.149. The molecule has 50 heavy (non-hydrogen) atoms. The van der Waals surface area contributed by atoms with Crippen molar-refractivity contribution in [2.45, 2.75) is 233 Å². The predicted molar refractivity (Wildman–Crippen MR) is 214 cm³/mol. The van der Waals surface area contributed by atoms with Crippen molar-refractivity contribution in [3.8, 4) is 5.75 Å².